The highest BCUT2D eigenvalue weighted by molar-refractivity contribution is 6.31. The summed E-state index contributed by atoms with van der Waals surface area (Å²) in [7, 11) is 0. The van der Waals surface area contributed by atoms with Gasteiger partial charge in [-0.25, -0.2) is 14.6 Å². The van der Waals surface area contributed by atoms with Crippen LogP contribution in [0, 0.1) is 24.2 Å². The molecule has 2 aromatic rings. The van der Waals surface area contributed by atoms with Crippen molar-refractivity contribution in [2.45, 2.75) is 27.2 Å². The fourth-order valence-electron chi connectivity index (χ4n) is 1.79. The van der Waals surface area contributed by atoms with Gasteiger partial charge in [0.2, 0.25) is 0 Å². The summed E-state index contributed by atoms with van der Waals surface area (Å²) in [4.78, 5) is 8.17. The van der Waals surface area contributed by atoms with E-state index in [-0.39, 0.29) is 0 Å². The summed E-state index contributed by atoms with van der Waals surface area (Å²) in [5, 5.41) is 13.9. The van der Waals surface area contributed by atoms with Crippen molar-refractivity contribution in [3.8, 4) is 11.9 Å². The molecule has 5 nitrogen and oxygen atoms in total. The number of hydrogen-bond donors (Lipinski definition) is 0. The highest BCUT2D eigenvalue weighted by Gasteiger charge is 2.18. The molecule has 2 aromatic heterocycles. The van der Waals surface area contributed by atoms with Crippen LogP contribution in [0.2, 0.25) is 5.15 Å². The van der Waals surface area contributed by atoms with Gasteiger partial charge in [-0.1, -0.05) is 25.4 Å². The quantitative estimate of drug-likeness (QED) is 0.864. The molecule has 0 aliphatic heterocycles. The zero-order valence-electron chi connectivity index (χ0n) is 11.1. The minimum atomic E-state index is 0.302. The maximum absolute atomic E-state index is 9.21. The van der Waals surface area contributed by atoms with E-state index in [9.17, 15) is 5.26 Å². The predicted molar refractivity (Wildman–Crippen MR) is 72.2 cm³/mol. The number of hydrogen-bond acceptors (Lipinski definition) is 4. The van der Waals surface area contributed by atoms with Gasteiger partial charge in [0.15, 0.2) is 11.0 Å². The van der Waals surface area contributed by atoms with Crippen molar-refractivity contribution in [3.63, 3.8) is 0 Å². The van der Waals surface area contributed by atoms with Crippen LogP contribution in [0.1, 0.15) is 30.8 Å². The third-order valence-electron chi connectivity index (χ3n) is 2.62. The summed E-state index contributed by atoms with van der Waals surface area (Å²) in [6.07, 6.45) is 2.16. The van der Waals surface area contributed by atoms with E-state index < -0.39 is 0 Å². The molecule has 6 heteroatoms. The van der Waals surface area contributed by atoms with Crippen molar-refractivity contribution in [2.75, 3.05) is 0 Å². The van der Waals surface area contributed by atoms with Gasteiger partial charge in [0.25, 0.3) is 0 Å². The van der Waals surface area contributed by atoms with E-state index in [4.69, 9.17) is 11.6 Å². The number of nitriles is 1. The second-order valence-electron chi connectivity index (χ2n) is 4.75. The summed E-state index contributed by atoms with van der Waals surface area (Å²) < 4.78 is 1.49. The SMILES string of the molecule is Cc1cc(-n2nc(CC(C)C)c(C#N)c2Cl)ncn1. The zero-order valence-corrected chi connectivity index (χ0v) is 11.8. The Morgan fingerprint density at radius 1 is 1.42 bits per heavy atom. The van der Waals surface area contributed by atoms with Gasteiger partial charge < -0.3 is 0 Å². The predicted octanol–water partition coefficient (Wildman–Crippen LogP) is 2.69. The van der Waals surface area contributed by atoms with Crippen LogP contribution in [0.15, 0.2) is 12.4 Å². The van der Waals surface area contributed by atoms with Crippen molar-refractivity contribution < 1.29 is 0 Å². The van der Waals surface area contributed by atoms with Gasteiger partial charge in [-0.15, -0.1) is 0 Å². The lowest BCUT2D eigenvalue weighted by atomic mass is 10.1. The molecule has 0 bridgehead atoms. The molecule has 0 amide bonds. The minimum absolute atomic E-state index is 0.302. The van der Waals surface area contributed by atoms with Crippen LogP contribution < -0.4 is 0 Å². The minimum Gasteiger partial charge on any atom is -0.242 e. The molecule has 2 heterocycles. The van der Waals surface area contributed by atoms with Crippen LogP contribution in [0.25, 0.3) is 5.82 Å². The van der Waals surface area contributed by atoms with Gasteiger partial charge in [-0.3, -0.25) is 0 Å². The average molecular weight is 276 g/mol. The number of rotatable bonds is 3. The molecule has 0 N–H and O–H groups in total. The Hall–Kier alpha value is -1.93. The Morgan fingerprint density at radius 3 is 2.74 bits per heavy atom. The van der Waals surface area contributed by atoms with Gasteiger partial charge in [-0.05, 0) is 19.3 Å². The van der Waals surface area contributed by atoms with Crippen molar-refractivity contribution in [3.05, 3.63) is 34.5 Å². The summed E-state index contributed by atoms with van der Waals surface area (Å²) in [6.45, 7) is 6.01. The van der Waals surface area contributed by atoms with Crippen LogP contribution in [0.3, 0.4) is 0 Å². The van der Waals surface area contributed by atoms with Gasteiger partial charge in [-0.2, -0.15) is 10.4 Å². The highest BCUT2D eigenvalue weighted by Crippen LogP contribution is 2.24. The Balaban J connectivity index is 2.54. The summed E-state index contributed by atoms with van der Waals surface area (Å²) >= 11 is 6.22. The Morgan fingerprint density at radius 2 is 2.16 bits per heavy atom. The van der Waals surface area contributed by atoms with Gasteiger partial charge in [0, 0.05) is 11.8 Å². The lowest BCUT2D eigenvalue weighted by molar-refractivity contribution is 0.626. The van der Waals surface area contributed by atoms with E-state index in [1.165, 1.54) is 11.0 Å². The second-order valence-corrected chi connectivity index (χ2v) is 5.11. The molecular weight excluding hydrogens is 262 g/mol. The Bertz CT molecular complexity index is 639. The third-order valence-corrected chi connectivity index (χ3v) is 2.97. The summed E-state index contributed by atoms with van der Waals surface area (Å²) in [6, 6.07) is 3.89. The largest absolute Gasteiger partial charge is 0.242 e. The first-order valence-corrected chi connectivity index (χ1v) is 6.37. The molecular formula is C13H14ClN5. The lowest BCUT2D eigenvalue weighted by Gasteiger charge is -2.02. The topological polar surface area (TPSA) is 67.4 Å². The van der Waals surface area contributed by atoms with Gasteiger partial charge in [0.1, 0.15) is 18.0 Å². The molecule has 0 atom stereocenters. The fraction of sp³-hybridized carbons (Fsp3) is 0.385. The Kier molecular flexibility index (Phi) is 3.82. The monoisotopic (exact) mass is 275 g/mol. The first kappa shape index (κ1) is 13.5. The van der Waals surface area contributed by atoms with Crippen molar-refractivity contribution in [2.24, 2.45) is 5.92 Å². The number of nitrogens with zero attached hydrogens (tertiary/aromatic N) is 5. The molecule has 0 saturated carbocycles. The maximum atomic E-state index is 9.21. The van der Waals surface area contributed by atoms with Crippen molar-refractivity contribution in [1.82, 2.24) is 19.7 Å². The first-order chi connectivity index (χ1) is 9.02. The molecule has 19 heavy (non-hydrogen) atoms. The lowest BCUT2D eigenvalue weighted by Crippen LogP contribution is -2.02. The van der Waals surface area contributed by atoms with Crippen LogP contribution >= 0.6 is 11.6 Å². The summed E-state index contributed by atoms with van der Waals surface area (Å²) in [5.41, 5.74) is 1.95. The number of aryl methyl sites for hydroxylation is 1. The third kappa shape index (κ3) is 2.74. The van der Waals surface area contributed by atoms with E-state index in [0.717, 1.165) is 5.69 Å². The van der Waals surface area contributed by atoms with E-state index in [1.54, 1.807) is 6.07 Å². The van der Waals surface area contributed by atoms with Crippen molar-refractivity contribution >= 4 is 11.6 Å². The molecule has 0 fully saturated rings. The first-order valence-electron chi connectivity index (χ1n) is 5.99. The van der Waals surface area contributed by atoms with Crippen LogP contribution in [-0.4, -0.2) is 19.7 Å². The highest BCUT2D eigenvalue weighted by atomic mass is 35.5. The zero-order chi connectivity index (χ0) is 14.0. The number of aromatic nitrogens is 4. The molecule has 0 spiro atoms. The molecule has 2 rings (SSSR count). The van der Waals surface area contributed by atoms with Crippen LogP contribution in [0.5, 0.6) is 0 Å². The maximum Gasteiger partial charge on any atom is 0.158 e. The van der Waals surface area contributed by atoms with Gasteiger partial charge >= 0.3 is 0 Å². The molecule has 98 valence electrons. The number of halogens is 1. The second kappa shape index (κ2) is 5.37. The van der Waals surface area contributed by atoms with Gasteiger partial charge in [0.05, 0.1) is 5.69 Å². The van der Waals surface area contributed by atoms with E-state index in [1.807, 2.05) is 6.92 Å². The van der Waals surface area contributed by atoms with Crippen LogP contribution in [0.4, 0.5) is 0 Å². The molecule has 0 saturated heterocycles. The fourth-order valence-corrected chi connectivity index (χ4v) is 2.06. The molecule has 0 unspecified atom stereocenters. The Labute approximate surface area is 116 Å². The van der Waals surface area contributed by atoms with Crippen LogP contribution in [-0.2, 0) is 6.42 Å². The van der Waals surface area contributed by atoms with E-state index in [0.29, 0.717) is 34.6 Å². The van der Waals surface area contributed by atoms with E-state index >= 15 is 0 Å². The molecule has 0 aliphatic rings. The molecule has 0 aromatic carbocycles. The molecule has 0 radical (unpaired) electrons. The van der Waals surface area contributed by atoms with E-state index in [2.05, 4.69) is 35.0 Å². The summed E-state index contributed by atoms with van der Waals surface area (Å²) in [5.74, 6) is 0.975. The van der Waals surface area contributed by atoms with Crippen molar-refractivity contribution in [1.29, 1.82) is 5.26 Å². The normalized spacial score (nSPS) is 10.7. The average Bonchev–Trinajstić information content (AvgIpc) is 2.65. The standard InChI is InChI=1S/C13H14ClN5/c1-8(2)4-11-10(6-15)13(14)19(18-11)12-5-9(3)16-7-17-12/h5,7-8H,4H2,1-3H3. The smallest absolute Gasteiger partial charge is 0.158 e. The molecule has 0 aliphatic carbocycles.